The molecule has 0 aliphatic rings. The number of hydrogen-bond donors (Lipinski definition) is 1. The SMILES string of the molecule is O=C(C[n+]1nn(/C=C(\O)c2ccc(Cl)cc2)c2ccccc21)c1ccccc1. The molecule has 28 heavy (non-hydrogen) atoms. The molecule has 4 rings (SSSR count). The van der Waals surface area contributed by atoms with Crippen LogP contribution in [0.2, 0.25) is 5.02 Å². The lowest BCUT2D eigenvalue weighted by molar-refractivity contribution is -0.719. The molecule has 0 fully saturated rings. The third-order valence-corrected chi connectivity index (χ3v) is 4.64. The molecule has 5 nitrogen and oxygen atoms in total. The van der Waals surface area contributed by atoms with Gasteiger partial charge in [-0.25, -0.2) is 0 Å². The molecule has 0 saturated heterocycles. The second-order valence-electron chi connectivity index (χ2n) is 6.29. The monoisotopic (exact) mass is 390 g/mol. The molecule has 0 bridgehead atoms. The highest BCUT2D eigenvalue weighted by molar-refractivity contribution is 6.30. The number of nitrogens with zero attached hydrogens (tertiary/aromatic N) is 3. The molecule has 0 aliphatic carbocycles. The summed E-state index contributed by atoms with van der Waals surface area (Å²) >= 11 is 5.90. The number of halogens is 1. The highest BCUT2D eigenvalue weighted by atomic mass is 35.5. The molecule has 0 saturated carbocycles. The van der Waals surface area contributed by atoms with Gasteiger partial charge in [-0.2, -0.15) is 0 Å². The van der Waals surface area contributed by atoms with E-state index in [-0.39, 0.29) is 18.1 Å². The molecule has 0 aliphatic heterocycles. The van der Waals surface area contributed by atoms with E-state index in [1.807, 2.05) is 42.5 Å². The normalized spacial score (nSPS) is 11.7. The smallest absolute Gasteiger partial charge is 0.206 e. The predicted molar refractivity (Wildman–Crippen MR) is 109 cm³/mol. The van der Waals surface area contributed by atoms with Crippen molar-refractivity contribution >= 4 is 40.4 Å². The van der Waals surface area contributed by atoms with Gasteiger partial charge in [0.05, 0.1) is 5.21 Å². The Morgan fingerprint density at radius 2 is 1.64 bits per heavy atom. The summed E-state index contributed by atoms with van der Waals surface area (Å²) in [5.41, 5.74) is 2.83. The first-order valence-electron chi connectivity index (χ1n) is 8.74. The summed E-state index contributed by atoms with van der Waals surface area (Å²) in [6.07, 6.45) is 1.52. The minimum atomic E-state index is -0.0353. The van der Waals surface area contributed by atoms with Gasteiger partial charge < -0.3 is 5.11 Å². The molecule has 0 atom stereocenters. The Kier molecular flexibility index (Phi) is 4.91. The molecule has 0 spiro atoms. The minimum Gasteiger partial charge on any atom is -0.504 e. The van der Waals surface area contributed by atoms with E-state index < -0.39 is 0 Å². The molecule has 3 aromatic carbocycles. The number of carbonyl (C=O) groups excluding carboxylic acids is 1. The van der Waals surface area contributed by atoms with E-state index in [2.05, 4.69) is 5.21 Å². The van der Waals surface area contributed by atoms with Gasteiger partial charge in [-0.05, 0) is 36.4 Å². The third kappa shape index (κ3) is 3.66. The Morgan fingerprint density at radius 3 is 2.39 bits per heavy atom. The first-order valence-corrected chi connectivity index (χ1v) is 9.12. The summed E-state index contributed by atoms with van der Waals surface area (Å²) in [6.45, 7) is 0.104. The molecular weight excluding hydrogens is 374 g/mol. The van der Waals surface area contributed by atoms with E-state index in [9.17, 15) is 9.90 Å². The van der Waals surface area contributed by atoms with Crippen LogP contribution in [0.4, 0.5) is 0 Å². The minimum absolute atomic E-state index is 0.0353. The maximum absolute atomic E-state index is 12.6. The second kappa shape index (κ2) is 7.66. The van der Waals surface area contributed by atoms with Crippen molar-refractivity contribution in [1.29, 1.82) is 0 Å². The molecule has 1 N–H and O–H groups in total. The fourth-order valence-corrected chi connectivity index (χ4v) is 3.09. The van der Waals surface area contributed by atoms with Crippen molar-refractivity contribution in [2.45, 2.75) is 6.54 Å². The molecule has 1 aromatic heterocycles. The molecule has 4 aromatic rings. The van der Waals surface area contributed by atoms with Crippen LogP contribution in [0.15, 0.2) is 78.9 Å². The molecule has 0 unspecified atom stereocenters. The largest absolute Gasteiger partial charge is 0.504 e. The van der Waals surface area contributed by atoms with Gasteiger partial charge in [-0.1, -0.05) is 58.7 Å². The highest BCUT2D eigenvalue weighted by Crippen LogP contribution is 2.18. The average molecular weight is 391 g/mol. The first-order chi connectivity index (χ1) is 13.6. The van der Waals surface area contributed by atoms with Crippen molar-refractivity contribution in [2.24, 2.45) is 0 Å². The quantitative estimate of drug-likeness (QED) is 0.312. The van der Waals surface area contributed by atoms with Gasteiger partial charge in [0, 0.05) is 16.1 Å². The summed E-state index contributed by atoms with van der Waals surface area (Å²) in [5.74, 6) is 0.0124. The molecule has 6 heteroatoms. The Hall–Kier alpha value is -3.44. The zero-order valence-corrected chi connectivity index (χ0v) is 15.6. The zero-order valence-electron chi connectivity index (χ0n) is 14.9. The summed E-state index contributed by atoms with van der Waals surface area (Å²) < 4.78 is 3.20. The summed E-state index contributed by atoms with van der Waals surface area (Å²) in [6, 6.07) is 23.5. The summed E-state index contributed by atoms with van der Waals surface area (Å²) in [4.78, 5) is 12.6. The van der Waals surface area contributed by atoms with E-state index in [1.165, 1.54) is 6.20 Å². The van der Waals surface area contributed by atoms with Crippen molar-refractivity contribution < 1.29 is 14.6 Å². The summed E-state index contributed by atoms with van der Waals surface area (Å²) in [5, 5.41) is 15.6. The van der Waals surface area contributed by atoms with Crippen molar-refractivity contribution in [3.63, 3.8) is 0 Å². The fraction of sp³-hybridized carbons (Fsp3) is 0.0455. The van der Waals surface area contributed by atoms with Crippen LogP contribution in [0.3, 0.4) is 0 Å². The molecule has 138 valence electrons. The van der Waals surface area contributed by atoms with Crippen LogP contribution in [-0.2, 0) is 6.54 Å². The first kappa shape index (κ1) is 17.9. The number of aromatic nitrogens is 3. The van der Waals surface area contributed by atoms with Crippen molar-refractivity contribution in [3.05, 3.63) is 95.0 Å². The van der Waals surface area contributed by atoms with Crippen LogP contribution in [0.25, 0.3) is 23.0 Å². The Morgan fingerprint density at radius 1 is 0.964 bits per heavy atom. The zero-order chi connectivity index (χ0) is 19.5. The van der Waals surface area contributed by atoms with Crippen LogP contribution >= 0.6 is 11.6 Å². The van der Waals surface area contributed by atoms with Crippen LogP contribution < -0.4 is 4.68 Å². The number of Topliss-reactive ketones (excluding diaryl/α,β-unsaturated/α-hetero) is 1. The van der Waals surface area contributed by atoms with Crippen molar-refractivity contribution in [2.75, 3.05) is 0 Å². The predicted octanol–water partition coefficient (Wildman–Crippen LogP) is 4.37. The maximum Gasteiger partial charge on any atom is 0.206 e. The van der Waals surface area contributed by atoms with Crippen LogP contribution in [0.1, 0.15) is 15.9 Å². The van der Waals surface area contributed by atoms with E-state index in [0.29, 0.717) is 16.1 Å². The van der Waals surface area contributed by atoms with Crippen LogP contribution in [-0.4, -0.2) is 20.8 Å². The number of ketones is 1. The number of para-hydroxylation sites is 2. The van der Waals surface area contributed by atoms with E-state index in [1.54, 1.807) is 45.8 Å². The standard InChI is InChI=1S/C22H16ClN3O2/c23-18-12-10-17(11-13-18)22(28)15-26-20-9-5-4-8-19(20)25(24-26)14-21(27)16-6-2-1-3-7-16/h1-13,15H,14H2/p+1. The van der Waals surface area contributed by atoms with E-state index in [4.69, 9.17) is 11.6 Å². The van der Waals surface area contributed by atoms with Gasteiger partial charge in [-0.3, -0.25) is 4.79 Å². The van der Waals surface area contributed by atoms with Gasteiger partial charge in [0.1, 0.15) is 0 Å². The molecule has 0 radical (unpaired) electrons. The average Bonchev–Trinajstić information content (AvgIpc) is 3.06. The lowest BCUT2D eigenvalue weighted by Crippen LogP contribution is -2.40. The lowest BCUT2D eigenvalue weighted by Gasteiger charge is -1.98. The second-order valence-corrected chi connectivity index (χ2v) is 6.73. The number of fused-ring (bicyclic) bond motifs is 1. The van der Waals surface area contributed by atoms with Crippen LogP contribution in [0, 0.1) is 0 Å². The van der Waals surface area contributed by atoms with Gasteiger partial charge in [0.15, 0.2) is 24.0 Å². The number of aliphatic hydroxyl groups excluding tert-OH is 1. The van der Waals surface area contributed by atoms with Gasteiger partial charge in [0.25, 0.3) is 0 Å². The topological polar surface area (TPSA) is 59.0 Å². The molecular formula is C22H17ClN3O2+. The summed E-state index contributed by atoms with van der Waals surface area (Å²) in [7, 11) is 0. The number of aliphatic hydroxyl groups is 1. The maximum atomic E-state index is 12.6. The van der Waals surface area contributed by atoms with Crippen LogP contribution in [0.5, 0.6) is 0 Å². The van der Waals surface area contributed by atoms with E-state index in [0.717, 1.165) is 11.0 Å². The number of rotatable bonds is 5. The molecule has 0 amide bonds. The third-order valence-electron chi connectivity index (χ3n) is 4.38. The Labute approximate surface area is 166 Å². The lowest BCUT2D eigenvalue weighted by atomic mass is 10.1. The van der Waals surface area contributed by atoms with Gasteiger partial charge >= 0.3 is 0 Å². The Bertz CT molecular complexity index is 1170. The van der Waals surface area contributed by atoms with E-state index >= 15 is 0 Å². The highest BCUT2D eigenvalue weighted by Gasteiger charge is 2.20. The number of carbonyl (C=O) groups is 1. The Balaban J connectivity index is 1.71. The number of hydrogen-bond acceptors (Lipinski definition) is 3. The molecule has 1 heterocycles. The van der Waals surface area contributed by atoms with Crippen molar-refractivity contribution in [3.8, 4) is 0 Å². The van der Waals surface area contributed by atoms with Gasteiger partial charge in [0.2, 0.25) is 11.3 Å². The number of benzene rings is 3. The fourth-order valence-electron chi connectivity index (χ4n) is 2.96. The van der Waals surface area contributed by atoms with Crippen molar-refractivity contribution in [1.82, 2.24) is 9.90 Å². The van der Waals surface area contributed by atoms with Gasteiger partial charge in [-0.15, -0.1) is 4.68 Å².